The van der Waals surface area contributed by atoms with Crippen LogP contribution in [0.15, 0.2) is 18.2 Å². The Morgan fingerprint density at radius 1 is 1.37 bits per heavy atom. The van der Waals surface area contributed by atoms with Gasteiger partial charge in [-0.05, 0) is 31.0 Å². The Kier molecular flexibility index (Phi) is 3.95. The molecule has 5 nitrogen and oxygen atoms in total. The molecular weight excluding hydrogens is 246 g/mol. The first-order valence-corrected chi connectivity index (χ1v) is 6.26. The first-order valence-electron chi connectivity index (χ1n) is 6.26. The quantitative estimate of drug-likeness (QED) is 0.784. The van der Waals surface area contributed by atoms with Crippen molar-refractivity contribution in [3.8, 4) is 11.5 Å². The second-order valence-electron chi connectivity index (χ2n) is 4.87. The number of hydrogen-bond donors (Lipinski definition) is 2. The van der Waals surface area contributed by atoms with E-state index in [2.05, 4.69) is 5.32 Å². The molecule has 1 fully saturated rings. The molecule has 0 spiro atoms. The van der Waals surface area contributed by atoms with Crippen LogP contribution >= 0.6 is 0 Å². The first kappa shape index (κ1) is 13.7. The Morgan fingerprint density at radius 2 is 2.11 bits per heavy atom. The van der Waals surface area contributed by atoms with Crippen molar-refractivity contribution in [3.05, 3.63) is 23.8 Å². The second kappa shape index (κ2) is 5.48. The molecule has 0 atom stereocenters. The van der Waals surface area contributed by atoms with Crippen LogP contribution in [0.25, 0.3) is 0 Å². The lowest BCUT2D eigenvalue weighted by molar-refractivity contribution is -0.143. The summed E-state index contributed by atoms with van der Waals surface area (Å²) < 4.78 is 10.5. The minimum Gasteiger partial charge on any atom is -0.497 e. The summed E-state index contributed by atoms with van der Waals surface area (Å²) in [5, 5.41) is 12.3. The van der Waals surface area contributed by atoms with Crippen LogP contribution < -0.4 is 14.8 Å². The van der Waals surface area contributed by atoms with Crippen LogP contribution in [0.2, 0.25) is 0 Å². The normalized spacial score (nSPS) is 15.9. The third-order valence-corrected chi connectivity index (χ3v) is 3.57. The Hall–Kier alpha value is -1.75. The summed E-state index contributed by atoms with van der Waals surface area (Å²) in [6, 6.07) is 5.58. The van der Waals surface area contributed by atoms with E-state index in [-0.39, 0.29) is 0 Å². The van der Waals surface area contributed by atoms with Crippen LogP contribution in [0, 0.1) is 5.41 Å². The van der Waals surface area contributed by atoms with Crippen molar-refractivity contribution in [2.24, 2.45) is 5.41 Å². The topological polar surface area (TPSA) is 67.8 Å². The maximum absolute atomic E-state index is 11.1. The van der Waals surface area contributed by atoms with Gasteiger partial charge in [0.1, 0.15) is 11.5 Å². The SMILES string of the molecule is COc1ccc(OC)c(CNCC2(C(=O)O)CC2)c1. The minimum absolute atomic E-state index is 0.489. The zero-order valence-electron chi connectivity index (χ0n) is 11.2. The molecule has 1 aliphatic carbocycles. The van der Waals surface area contributed by atoms with E-state index in [1.165, 1.54) is 0 Å². The number of carboxylic acid groups (broad SMARTS) is 1. The van der Waals surface area contributed by atoms with Gasteiger partial charge in [-0.2, -0.15) is 0 Å². The van der Waals surface area contributed by atoms with Gasteiger partial charge in [-0.1, -0.05) is 0 Å². The van der Waals surface area contributed by atoms with Gasteiger partial charge in [-0.15, -0.1) is 0 Å². The van der Waals surface area contributed by atoms with Gasteiger partial charge in [0.15, 0.2) is 0 Å². The predicted octanol–water partition coefficient (Wildman–Crippen LogP) is 1.66. The van der Waals surface area contributed by atoms with Crippen LogP contribution in [-0.2, 0) is 11.3 Å². The molecule has 0 bridgehead atoms. The van der Waals surface area contributed by atoms with Gasteiger partial charge in [-0.3, -0.25) is 4.79 Å². The largest absolute Gasteiger partial charge is 0.497 e. The molecule has 0 aromatic heterocycles. The highest BCUT2D eigenvalue weighted by atomic mass is 16.5. The molecule has 19 heavy (non-hydrogen) atoms. The first-order chi connectivity index (χ1) is 9.11. The van der Waals surface area contributed by atoms with Crippen molar-refractivity contribution >= 4 is 5.97 Å². The smallest absolute Gasteiger partial charge is 0.310 e. The molecule has 104 valence electrons. The molecular formula is C14H19NO4. The van der Waals surface area contributed by atoms with Crippen molar-refractivity contribution < 1.29 is 19.4 Å². The molecule has 0 aliphatic heterocycles. The van der Waals surface area contributed by atoms with Crippen LogP contribution in [0.4, 0.5) is 0 Å². The van der Waals surface area contributed by atoms with Gasteiger partial charge in [0.2, 0.25) is 0 Å². The van der Waals surface area contributed by atoms with Crippen molar-refractivity contribution in [2.75, 3.05) is 20.8 Å². The molecule has 1 saturated carbocycles. The Bertz CT molecular complexity index is 469. The highest BCUT2D eigenvalue weighted by Gasteiger charge is 2.49. The van der Waals surface area contributed by atoms with Gasteiger partial charge in [0.25, 0.3) is 0 Å². The number of rotatable bonds is 7. The number of ether oxygens (including phenoxy) is 2. The van der Waals surface area contributed by atoms with Crippen molar-refractivity contribution in [3.63, 3.8) is 0 Å². The molecule has 2 rings (SSSR count). The second-order valence-corrected chi connectivity index (χ2v) is 4.87. The summed E-state index contributed by atoms with van der Waals surface area (Å²) in [7, 11) is 3.23. The zero-order valence-corrected chi connectivity index (χ0v) is 11.2. The lowest BCUT2D eigenvalue weighted by Crippen LogP contribution is -2.29. The molecule has 0 amide bonds. The number of hydrogen-bond acceptors (Lipinski definition) is 4. The van der Waals surface area contributed by atoms with E-state index in [0.717, 1.165) is 29.9 Å². The Labute approximate surface area is 112 Å². The van der Waals surface area contributed by atoms with Gasteiger partial charge in [0.05, 0.1) is 19.6 Å². The van der Waals surface area contributed by atoms with E-state index in [1.807, 2.05) is 18.2 Å². The van der Waals surface area contributed by atoms with Gasteiger partial charge in [-0.25, -0.2) is 0 Å². The highest BCUT2D eigenvalue weighted by Crippen LogP contribution is 2.45. The molecule has 0 radical (unpaired) electrons. The fraction of sp³-hybridized carbons (Fsp3) is 0.500. The monoisotopic (exact) mass is 265 g/mol. The van der Waals surface area contributed by atoms with Crippen LogP contribution in [0.5, 0.6) is 11.5 Å². The third-order valence-electron chi connectivity index (χ3n) is 3.57. The predicted molar refractivity (Wildman–Crippen MR) is 70.6 cm³/mol. The van der Waals surface area contributed by atoms with Crippen molar-refractivity contribution in [1.29, 1.82) is 0 Å². The van der Waals surface area contributed by atoms with E-state index < -0.39 is 11.4 Å². The van der Waals surface area contributed by atoms with E-state index in [0.29, 0.717) is 13.1 Å². The molecule has 1 aliphatic rings. The van der Waals surface area contributed by atoms with Gasteiger partial charge in [0, 0.05) is 18.7 Å². The summed E-state index contributed by atoms with van der Waals surface area (Å²) in [5.41, 5.74) is 0.412. The van der Waals surface area contributed by atoms with Crippen LogP contribution in [0.1, 0.15) is 18.4 Å². The maximum atomic E-state index is 11.1. The van der Waals surface area contributed by atoms with E-state index >= 15 is 0 Å². The lowest BCUT2D eigenvalue weighted by atomic mass is 10.1. The molecule has 0 saturated heterocycles. The number of aliphatic carboxylic acids is 1. The lowest BCUT2D eigenvalue weighted by Gasteiger charge is -2.14. The Balaban J connectivity index is 1.97. The number of nitrogens with one attached hydrogen (secondary N) is 1. The van der Waals surface area contributed by atoms with Crippen LogP contribution in [0.3, 0.4) is 0 Å². The van der Waals surface area contributed by atoms with E-state index in [1.54, 1.807) is 14.2 Å². The number of benzene rings is 1. The van der Waals surface area contributed by atoms with Crippen molar-refractivity contribution in [2.45, 2.75) is 19.4 Å². The summed E-state index contributed by atoms with van der Waals surface area (Å²) >= 11 is 0. The van der Waals surface area contributed by atoms with Crippen LogP contribution in [-0.4, -0.2) is 31.8 Å². The van der Waals surface area contributed by atoms with E-state index in [9.17, 15) is 4.79 Å². The Morgan fingerprint density at radius 3 is 2.63 bits per heavy atom. The number of carbonyl (C=O) groups is 1. The highest BCUT2D eigenvalue weighted by molar-refractivity contribution is 5.78. The molecule has 2 N–H and O–H groups in total. The summed E-state index contributed by atoms with van der Waals surface area (Å²) in [4.78, 5) is 11.1. The minimum atomic E-state index is -0.711. The molecule has 1 aromatic rings. The maximum Gasteiger partial charge on any atom is 0.310 e. The number of carboxylic acids is 1. The molecule has 0 unspecified atom stereocenters. The van der Waals surface area contributed by atoms with E-state index in [4.69, 9.17) is 14.6 Å². The molecule has 1 aromatic carbocycles. The standard InChI is InChI=1S/C14H19NO4/c1-18-11-3-4-12(19-2)10(7-11)8-15-9-14(5-6-14)13(16)17/h3-4,7,15H,5-6,8-9H2,1-2H3,(H,16,17). The van der Waals surface area contributed by atoms with Gasteiger partial charge < -0.3 is 19.9 Å². The fourth-order valence-corrected chi connectivity index (χ4v) is 2.07. The zero-order chi connectivity index (χ0) is 13.9. The summed E-state index contributed by atoms with van der Waals surface area (Å²) in [5.74, 6) is 0.822. The third kappa shape index (κ3) is 2.98. The fourth-order valence-electron chi connectivity index (χ4n) is 2.07. The average Bonchev–Trinajstić information content (AvgIpc) is 3.20. The molecule has 0 heterocycles. The molecule has 5 heteroatoms. The summed E-state index contributed by atoms with van der Waals surface area (Å²) in [6.07, 6.45) is 1.51. The average molecular weight is 265 g/mol. The van der Waals surface area contributed by atoms with Gasteiger partial charge >= 0.3 is 5.97 Å². The number of methoxy groups -OCH3 is 2. The van der Waals surface area contributed by atoms with Crippen molar-refractivity contribution in [1.82, 2.24) is 5.32 Å². The summed E-state index contributed by atoms with van der Waals surface area (Å²) in [6.45, 7) is 1.05.